The van der Waals surface area contributed by atoms with Gasteiger partial charge in [0.25, 0.3) is 11.8 Å². The molecule has 27 heavy (non-hydrogen) atoms. The number of nitrogens with zero attached hydrogens (tertiary/aromatic N) is 1. The van der Waals surface area contributed by atoms with Crippen LogP contribution in [0.5, 0.6) is 0 Å². The molecule has 0 unspecified atom stereocenters. The van der Waals surface area contributed by atoms with E-state index in [1.54, 1.807) is 42.1 Å². The maximum Gasteiger partial charge on any atom is 0.261 e. The molecule has 138 valence electrons. The third kappa shape index (κ3) is 3.35. The Balaban J connectivity index is 1.40. The van der Waals surface area contributed by atoms with Gasteiger partial charge in [0, 0.05) is 23.6 Å². The Bertz CT molecular complexity index is 912. The second-order valence-electron chi connectivity index (χ2n) is 6.50. The summed E-state index contributed by atoms with van der Waals surface area (Å²) in [7, 11) is 0. The number of hydrogen-bond acceptors (Lipinski definition) is 4. The van der Waals surface area contributed by atoms with E-state index in [1.165, 1.54) is 12.1 Å². The molecule has 4 rings (SSSR count). The van der Waals surface area contributed by atoms with Gasteiger partial charge in [-0.15, -0.1) is 11.8 Å². The first-order valence-electron chi connectivity index (χ1n) is 8.71. The minimum atomic E-state index is -0.370. The fourth-order valence-corrected chi connectivity index (χ4v) is 4.54. The van der Waals surface area contributed by atoms with Crippen LogP contribution in [-0.4, -0.2) is 34.9 Å². The highest BCUT2D eigenvalue weighted by Crippen LogP contribution is 2.36. The molecule has 3 amide bonds. The highest BCUT2D eigenvalue weighted by Gasteiger charge is 2.35. The number of fused-ring (bicyclic) bond motifs is 2. The topological polar surface area (TPSA) is 66.5 Å². The minimum absolute atomic E-state index is 0.0137. The number of carbonyl (C=O) groups is 3. The lowest BCUT2D eigenvalue weighted by atomic mass is 10.0. The van der Waals surface area contributed by atoms with Gasteiger partial charge in [0.15, 0.2) is 0 Å². The predicted molar refractivity (Wildman–Crippen MR) is 99.1 cm³/mol. The van der Waals surface area contributed by atoms with Crippen LogP contribution < -0.4 is 5.32 Å². The van der Waals surface area contributed by atoms with Crippen molar-refractivity contribution >= 4 is 29.5 Å². The summed E-state index contributed by atoms with van der Waals surface area (Å²) in [5.41, 5.74) is 1.52. The van der Waals surface area contributed by atoms with Crippen LogP contribution in [0, 0.1) is 5.82 Å². The van der Waals surface area contributed by atoms with Crippen LogP contribution in [0.25, 0.3) is 0 Å². The van der Waals surface area contributed by atoms with Crippen molar-refractivity contribution in [2.24, 2.45) is 0 Å². The number of imide groups is 1. The van der Waals surface area contributed by atoms with Crippen molar-refractivity contribution in [2.75, 3.05) is 12.3 Å². The van der Waals surface area contributed by atoms with Crippen LogP contribution in [0.2, 0.25) is 0 Å². The van der Waals surface area contributed by atoms with Crippen molar-refractivity contribution in [1.29, 1.82) is 0 Å². The molecule has 1 atom stereocenters. The second-order valence-corrected chi connectivity index (χ2v) is 7.63. The smallest absolute Gasteiger partial charge is 0.261 e. The van der Waals surface area contributed by atoms with Gasteiger partial charge in [-0.3, -0.25) is 19.3 Å². The second kappa shape index (κ2) is 7.15. The molecule has 2 heterocycles. The van der Waals surface area contributed by atoms with Crippen LogP contribution in [0.3, 0.4) is 0 Å². The van der Waals surface area contributed by atoms with Gasteiger partial charge in [-0.1, -0.05) is 12.1 Å². The van der Waals surface area contributed by atoms with Gasteiger partial charge in [0.1, 0.15) is 5.82 Å². The highest BCUT2D eigenvalue weighted by atomic mass is 32.2. The van der Waals surface area contributed by atoms with Gasteiger partial charge in [-0.05, 0) is 42.3 Å². The van der Waals surface area contributed by atoms with E-state index in [0.29, 0.717) is 17.5 Å². The highest BCUT2D eigenvalue weighted by molar-refractivity contribution is 7.99. The molecule has 2 aliphatic heterocycles. The van der Waals surface area contributed by atoms with Gasteiger partial charge in [-0.2, -0.15) is 0 Å². The van der Waals surface area contributed by atoms with E-state index in [9.17, 15) is 18.8 Å². The van der Waals surface area contributed by atoms with Crippen LogP contribution in [0.1, 0.15) is 45.2 Å². The molecule has 1 N–H and O–H groups in total. The summed E-state index contributed by atoms with van der Waals surface area (Å²) in [4.78, 5) is 39.1. The number of halogens is 1. The Hall–Kier alpha value is -2.67. The zero-order valence-corrected chi connectivity index (χ0v) is 15.2. The molecule has 2 aliphatic rings. The summed E-state index contributed by atoms with van der Waals surface area (Å²) in [6.07, 6.45) is 0.722. The van der Waals surface area contributed by atoms with Crippen molar-refractivity contribution in [3.63, 3.8) is 0 Å². The molecule has 2 aromatic rings. The number of carbonyl (C=O) groups excluding carboxylic acids is 3. The number of benzene rings is 2. The molecule has 0 radical (unpaired) electrons. The molecule has 0 saturated heterocycles. The molecule has 0 aromatic heterocycles. The number of amides is 3. The lowest BCUT2D eigenvalue weighted by molar-refractivity contribution is -0.122. The van der Waals surface area contributed by atoms with Gasteiger partial charge < -0.3 is 5.32 Å². The van der Waals surface area contributed by atoms with Gasteiger partial charge >= 0.3 is 0 Å². The number of thioether (sulfide) groups is 1. The molecule has 0 saturated carbocycles. The van der Waals surface area contributed by atoms with E-state index >= 15 is 0 Å². The first kappa shape index (κ1) is 17.7. The first-order valence-corrected chi connectivity index (χ1v) is 9.70. The van der Waals surface area contributed by atoms with Crippen LogP contribution in [0.4, 0.5) is 4.39 Å². The molecule has 2 aromatic carbocycles. The summed E-state index contributed by atoms with van der Waals surface area (Å²) >= 11 is 1.64. The van der Waals surface area contributed by atoms with Crippen LogP contribution in [-0.2, 0) is 4.79 Å². The average molecular weight is 384 g/mol. The molecule has 0 spiro atoms. The van der Waals surface area contributed by atoms with E-state index in [0.717, 1.165) is 21.1 Å². The first-order chi connectivity index (χ1) is 13.0. The average Bonchev–Trinajstić information content (AvgIpc) is 2.91. The normalized spacial score (nSPS) is 18.3. The van der Waals surface area contributed by atoms with E-state index in [-0.39, 0.29) is 42.5 Å². The molecular weight excluding hydrogens is 367 g/mol. The van der Waals surface area contributed by atoms with E-state index in [2.05, 4.69) is 5.32 Å². The Labute approximate surface area is 159 Å². The molecule has 7 heteroatoms. The fourth-order valence-electron chi connectivity index (χ4n) is 3.44. The van der Waals surface area contributed by atoms with Gasteiger partial charge in [0.05, 0.1) is 17.2 Å². The van der Waals surface area contributed by atoms with E-state index < -0.39 is 0 Å². The number of hydrogen-bond donors (Lipinski definition) is 1. The Morgan fingerprint density at radius 2 is 1.85 bits per heavy atom. The zero-order valence-electron chi connectivity index (χ0n) is 14.4. The minimum Gasteiger partial charge on any atom is -0.349 e. The van der Waals surface area contributed by atoms with Crippen molar-refractivity contribution in [3.05, 3.63) is 65.0 Å². The largest absolute Gasteiger partial charge is 0.349 e. The molecule has 0 bridgehead atoms. The molecular formula is C20H17FN2O3S. The van der Waals surface area contributed by atoms with E-state index in [4.69, 9.17) is 0 Å². The molecule has 0 aliphatic carbocycles. The zero-order chi connectivity index (χ0) is 19.0. The third-order valence-corrected chi connectivity index (χ3v) is 5.91. The van der Waals surface area contributed by atoms with Crippen molar-refractivity contribution in [3.8, 4) is 0 Å². The standard InChI is InChI=1S/C20H17FN2O3S/c21-12-5-6-17-15(11-12)16(8-10-27-17)22-18(24)7-9-23-19(25)13-3-1-2-4-14(13)20(23)26/h1-6,11,16H,7-10H2,(H,22,24)/t16-/m0/s1. The third-order valence-electron chi connectivity index (χ3n) is 4.79. The summed E-state index contributed by atoms with van der Waals surface area (Å²) < 4.78 is 13.6. The quantitative estimate of drug-likeness (QED) is 0.823. The summed E-state index contributed by atoms with van der Waals surface area (Å²) in [5.74, 6) is -0.503. The number of nitrogens with one attached hydrogen (secondary N) is 1. The number of rotatable bonds is 4. The van der Waals surface area contributed by atoms with Crippen LogP contribution in [0.15, 0.2) is 47.4 Å². The van der Waals surface area contributed by atoms with Crippen molar-refractivity contribution in [2.45, 2.75) is 23.8 Å². The molecule has 0 fully saturated rings. The van der Waals surface area contributed by atoms with Gasteiger partial charge in [-0.25, -0.2) is 4.39 Å². The predicted octanol–water partition coefficient (Wildman–Crippen LogP) is 3.17. The van der Waals surface area contributed by atoms with E-state index in [1.807, 2.05) is 0 Å². The lowest BCUT2D eigenvalue weighted by Crippen LogP contribution is -2.36. The fraction of sp³-hybridized carbons (Fsp3) is 0.250. The summed E-state index contributed by atoms with van der Waals surface area (Å²) in [6, 6.07) is 11.0. The van der Waals surface area contributed by atoms with Gasteiger partial charge in [0.2, 0.25) is 5.91 Å². The molecule has 5 nitrogen and oxygen atoms in total. The maximum atomic E-state index is 13.6. The summed E-state index contributed by atoms with van der Waals surface area (Å²) in [5, 5.41) is 2.91. The Kier molecular flexibility index (Phi) is 4.70. The van der Waals surface area contributed by atoms with Crippen molar-refractivity contribution in [1.82, 2.24) is 10.2 Å². The maximum absolute atomic E-state index is 13.6. The Morgan fingerprint density at radius 1 is 1.15 bits per heavy atom. The lowest BCUT2D eigenvalue weighted by Gasteiger charge is -2.26. The Morgan fingerprint density at radius 3 is 2.56 bits per heavy atom. The van der Waals surface area contributed by atoms with Crippen molar-refractivity contribution < 1.29 is 18.8 Å². The monoisotopic (exact) mass is 384 g/mol. The SMILES string of the molecule is O=C(CCN1C(=O)c2ccccc2C1=O)N[C@H]1CCSc2ccc(F)cc21. The summed E-state index contributed by atoms with van der Waals surface area (Å²) in [6.45, 7) is 0.0235. The van der Waals surface area contributed by atoms with Crippen LogP contribution >= 0.6 is 11.8 Å².